The van der Waals surface area contributed by atoms with Gasteiger partial charge in [-0.05, 0) is 71.7 Å². The molecule has 1 aliphatic heterocycles. The molecule has 0 aliphatic carbocycles. The molecule has 140 valence electrons. The molecular weight excluding hydrogens is 464 g/mol. The van der Waals surface area contributed by atoms with Crippen molar-refractivity contribution in [3.63, 3.8) is 0 Å². The zero-order chi connectivity index (χ0) is 19.6. The lowest BCUT2D eigenvalue weighted by Gasteiger charge is -2.20. The van der Waals surface area contributed by atoms with Crippen LogP contribution in [0.5, 0.6) is 0 Å². The first-order valence-electron chi connectivity index (χ1n) is 8.52. The molecule has 0 bridgehead atoms. The van der Waals surface area contributed by atoms with Crippen molar-refractivity contribution in [1.82, 2.24) is 0 Å². The molecule has 7 heteroatoms. The number of halogens is 2. The Kier molecular flexibility index (Phi) is 6.63. The SMILES string of the molecule is CCN(CC)c1ccc(/C=C2/SC(=S)N(c3ccc(Br)c(Cl)c3)C2=O)cc1. The van der Waals surface area contributed by atoms with Crippen molar-refractivity contribution >= 4 is 79.2 Å². The highest BCUT2D eigenvalue weighted by atomic mass is 79.9. The van der Waals surface area contributed by atoms with Crippen molar-refractivity contribution in [1.29, 1.82) is 0 Å². The van der Waals surface area contributed by atoms with Crippen molar-refractivity contribution in [3.05, 3.63) is 62.4 Å². The molecule has 1 heterocycles. The lowest BCUT2D eigenvalue weighted by atomic mass is 10.1. The Balaban J connectivity index is 1.84. The minimum Gasteiger partial charge on any atom is -0.372 e. The number of carbonyl (C=O) groups is 1. The number of thiocarbonyl (C=S) groups is 1. The van der Waals surface area contributed by atoms with Crippen LogP contribution in [-0.2, 0) is 4.79 Å². The van der Waals surface area contributed by atoms with Gasteiger partial charge in [0, 0.05) is 23.2 Å². The Labute approximate surface area is 182 Å². The van der Waals surface area contributed by atoms with Crippen LogP contribution in [0.15, 0.2) is 51.8 Å². The number of hydrogen-bond acceptors (Lipinski definition) is 4. The molecular formula is C20H18BrClN2OS2. The summed E-state index contributed by atoms with van der Waals surface area (Å²) < 4.78 is 1.28. The van der Waals surface area contributed by atoms with Crippen LogP contribution in [0.1, 0.15) is 19.4 Å². The number of hydrogen-bond donors (Lipinski definition) is 0. The smallest absolute Gasteiger partial charge is 0.270 e. The summed E-state index contributed by atoms with van der Waals surface area (Å²) in [7, 11) is 0. The van der Waals surface area contributed by atoms with Crippen molar-refractivity contribution < 1.29 is 4.79 Å². The largest absolute Gasteiger partial charge is 0.372 e. The van der Waals surface area contributed by atoms with Gasteiger partial charge < -0.3 is 4.90 Å². The topological polar surface area (TPSA) is 23.6 Å². The van der Waals surface area contributed by atoms with E-state index in [2.05, 4.69) is 46.8 Å². The number of anilines is 2. The fourth-order valence-electron chi connectivity index (χ4n) is 2.84. The molecule has 3 nitrogen and oxygen atoms in total. The van der Waals surface area contributed by atoms with E-state index >= 15 is 0 Å². The number of thioether (sulfide) groups is 1. The normalized spacial score (nSPS) is 15.7. The molecule has 1 amide bonds. The van der Waals surface area contributed by atoms with E-state index in [1.807, 2.05) is 30.3 Å². The third-order valence-electron chi connectivity index (χ3n) is 4.27. The first-order chi connectivity index (χ1) is 12.9. The highest BCUT2D eigenvalue weighted by molar-refractivity contribution is 9.10. The van der Waals surface area contributed by atoms with Crippen molar-refractivity contribution in [2.75, 3.05) is 22.9 Å². The predicted molar refractivity (Wildman–Crippen MR) is 125 cm³/mol. The van der Waals surface area contributed by atoms with E-state index in [1.165, 1.54) is 22.3 Å². The Bertz CT molecular complexity index is 911. The molecule has 0 spiro atoms. The van der Waals surface area contributed by atoms with Crippen LogP contribution < -0.4 is 9.80 Å². The van der Waals surface area contributed by atoms with E-state index in [9.17, 15) is 4.79 Å². The Morgan fingerprint density at radius 2 is 1.85 bits per heavy atom. The number of benzene rings is 2. The lowest BCUT2D eigenvalue weighted by Crippen LogP contribution is -2.27. The van der Waals surface area contributed by atoms with Gasteiger partial charge in [0.1, 0.15) is 0 Å². The average Bonchev–Trinajstić information content (AvgIpc) is 2.93. The molecule has 0 N–H and O–H groups in total. The van der Waals surface area contributed by atoms with Gasteiger partial charge in [-0.2, -0.15) is 0 Å². The highest BCUT2D eigenvalue weighted by Crippen LogP contribution is 2.38. The standard InChI is InChI=1S/C20H18BrClN2OS2/c1-3-23(4-2)14-7-5-13(6-8-14)11-18-19(25)24(20(26)27-18)15-9-10-16(21)17(22)12-15/h5-12H,3-4H2,1-2H3/b18-11+. The second-order valence-electron chi connectivity index (χ2n) is 5.88. The minimum atomic E-state index is -0.129. The molecule has 0 saturated carbocycles. The van der Waals surface area contributed by atoms with Crippen LogP contribution in [0.25, 0.3) is 6.08 Å². The van der Waals surface area contributed by atoms with Crippen molar-refractivity contribution in [2.45, 2.75) is 13.8 Å². The number of carbonyl (C=O) groups excluding carboxylic acids is 1. The quantitative estimate of drug-likeness (QED) is 0.366. The minimum absolute atomic E-state index is 0.129. The predicted octanol–water partition coefficient (Wildman–Crippen LogP) is 6.35. The Morgan fingerprint density at radius 3 is 2.44 bits per heavy atom. The molecule has 3 rings (SSSR count). The molecule has 27 heavy (non-hydrogen) atoms. The first kappa shape index (κ1) is 20.4. The maximum absolute atomic E-state index is 12.9. The lowest BCUT2D eigenvalue weighted by molar-refractivity contribution is -0.113. The van der Waals surface area contributed by atoms with E-state index in [0.717, 1.165) is 23.1 Å². The molecule has 2 aromatic rings. The molecule has 0 unspecified atom stereocenters. The summed E-state index contributed by atoms with van der Waals surface area (Å²) >= 11 is 16.3. The molecule has 1 aliphatic rings. The second kappa shape index (κ2) is 8.78. The average molecular weight is 482 g/mol. The van der Waals surface area contributed by atoms with Gasteiger partial charge in [0.2, 0.25) is 0 Å². The monoisotopic (exact) mass is 480 g/mol. The number of rotatable bonds is 5. The van der Waals surface area contributed by atoms with Gasteiger partial charge in [0.25, 0.3) is 5.91 Å². The summed E-state index contributed by atoms with van der Waals surface area (Å²) in [5, 5.41) is 0.539. The summed E-state index contributed by atoms with van der Waals surface area (Å²) in [6, 6.07) is 13.6. The second-order valence-corrected chi connectivity index (χ2v) is 8.82. The summed E-state index contributed by atoms with van der Waals surface area (Å²) in [6.45, 7) is 6.20. The third-order valence-corrected chi connectivity index (χ3v) is 6.81. The zero-order valence-corrected chi connectivity index (χ0v) is 18.9. The third kappa shape index (κ3) is 4.40. The molecule has 1 fully saturated rings. The van der Waals surface area contributed by atoms with Crippen LogP contribution in [0.2, 0.25) is 5.02 Å². The molecule has 1 saturated heterocycles. The van der Waals surface area contributed by atoms with Gasteiger partial charge in [-0.1, -0.05) is 47.7 Å². The molecule has 0 radical (unpaired) electrons. The van der Waals surface area contributed by atoms with Gasteiger partial charge in [0.15, 0.2) is 4.32 Å². The summed E-state index contributed by atoms with van der Waals surface area (Å²) in [5.41, 5.74) is 2.82. The number of amides is 1. The first-order valence-corrected chi connectivity index (χ1v) is 10.9. The zero-order valence-electron chi connectivity index (χ0n) is 14.9. The van der Waals surface area contributed by atoms with E-state index < -0.39 is 0 Å². The fourth-order valence-corrected chi connectivity index (χ4v) is 4.56. The van der Waals surface area contributed by atoms with Crippen LogP contribution >= 0.6 is 51.5 Å². The highest BCUT2D eigenvalue weighted by Gasteiger charge is 2.33. The van der Waals surface area contributed by atoms with E-state index in [4.69, 9.17) is 23.8 Å². The summed E-state index contributed by atoms with van der Waals surface area (Å²) in [5.74, 6) is -0.129. The van der Waals surface area contributed by atoms with Gasteiger partial charge in [-0.25, -0.2) is 0 Å². The van der Waals surface area contributed by atoms with Crippen LogP contribution in [0, 0.1) is 0 Å². The molecule has 0 atom stereocenters. The number of nitrogens with zero attached hydrogens (tertiary/aromatic N) is 2. The van der Waals surface area contributed by atoms with E-state index in [1.54, 1.807) is 6.07 Å². The Morgan fingerprint density at radius 1 is 1.19 bits per heavy atom. The van der Waals surface area contributed by atoms with E-state index in [-0.39, 0.29) is 5.91 Å². The van der Waals surface area contributed by atoms with Crippen molar-refractivity contribution in [3.8, 4) is 0 Å². The van der Waals surface area contributed by atoms with Crippen LogP contribution in [-0.4, -0.2) is 23.3 Å². The fraction of sp³-hybridized carbons (Fsp3) is 0.200. The maximum Gasteiger partial charge on any atom is 0.270 e. The Hall–Kier alpha value is -1.34. The summed E-state index contributed by atoms with van der Waals surface area (Å²) in [4.78, 5) is 17.3. The van der Waals surface area contributed by atoms with E-state index in [0.29, 0.717) is 19.9 Å². The summed E-state index contributed by atoms with van der Waals surface area (Å²) in [6.07, 6.45) is 1.88. The van der Waals surface area contributed by atoms with Gasteiger partial charge >= 0.3 is 0 Å². The van der Waals surface area contributed by atoms with Crippen molar-refractivity contribution in [2.24, 2.45) is 0 Å². The maximum atomic E-state index is 12.9. The van der Waals surface area contributed by atoms with Gasteiger partial charge in [0.05, 0.1) is 15.6 Å². The molecule has 0 aromatic heterocycles. The van der Waals surface area contributed by atoms with Gasteiger partial charge in [-0.15, -0.1) is 0 Å². The van der Waals surface area contributed by atoms with Crippen LogP contribution in [0.3, 0.4) is 0 Å². The molecule has 2 aromatic carbocycles. The van der Waals surface area contributed by atoms with Crippen LogP contribution in [0.4, 0.5) is 11.4 Å². The van der Waals surface area contributed by atoms with Gasteiger partial charge in [-0.3, -0.25) is 9.69 Å².